The fourth-order valence-electron chi connectivity index (χ4n) is 3.61. The average molecular weight is 478 g/mol. The molecule has 1 aliphatic heterocycles. The second-order valence-electron chi connectivity index (χ2n) is 8.09. The fraction of sp³-hybridized carbons (Fsp3) is 0.458. The molecule has 0 aliphatic carbocycles. The molecule has 10 heteroatoms. The number of ether oxygens (including phenoxy) is 4. The van der Waals surface area contributed by atoms with Gasteiger partial charge in [-0.15, -0.1) is 0 Å². The van der Waals surface area contributed by atoms with Crippen LogP contribution in [0, 0.1) is 0 Å². The number of esters is 1. The van der Waals surface area contributed by atoms with Crippen molar-refractivity contribution in [1.29, 1.82) is 0 Å². The van der Waals surface area contributed by atoms with Crippen LogP contribution in [-0.4, -0.2) is 82.0 Å². The molecule has 186 valence electrons. The number of aliphatic hydroxyl groups is 5. The summed E-state index contributed by atoms with van der Waals surface area (Å²) < 4.78 is 21.6. The number of methoxy groups -OCH3 is 1. The predicted molar refractivity (Wildman–Crippen MR) is 118 cm³/mol. The van der Waals surface area contributed by atoms with Gasteiger partial charge in [-0.25, -0.2) is 4.79 Å². The third kappa shape index (κ3) is 6.23. The standard InChI is InChI=1S/C24H30O10/c1-13(26)23-21(29)20(28)22(30)24(34-23)33-18-10-15(12-32-19(27)11-25)3-6-16(18)9-14-4-7-17(31-2)8-5-14/h3-8,10,13,20-26,28-30H,9,11-12H2,1-2H3/t13-,20+,21+,22-,23-,24-/m1/s1. The molecule has 0 aromatic heterocycles. The highest BCUT2D eigenvalue weighted by Crippen LogP contribution is 2.30. The van der Waals surface area contributed by atoms with Crippen LogP contribution in [0.25, 0.3) is 0 Å². The van der Waals surface area contributed by atoms with Crippen LogP contribution in [0.1, 0.15) is 23.6 Å². The zero-order valence-electron chi connectivity index (χ0n) is 18.9. The molecule has 2 aromatic carbocycles. The third-order valence-electron chi connectivity index (χ3n) is 5.54. The molecule has 0 saturated carbocycles. The van der Waals surface area contributed by atoms with Crippen LogP contribution in [-0.2, 0) is 27.3 Å². The number of rotatable bonds is 9. The topological polar surface area (TPSA) is 155 Å². The lowest BCUT2D eigenvalue weighted by Gasteiger charge is -2.41. The molecular weight excluding hydrogens is 448 g/mol. The number of hydrogen-bond acceptors (Lipinski definition) is 10. The van der Waals surface area contributed by atoms with Crippen LogP contribution >= 0.6 is 0 Å². The zero-order chi connectivity index (χ0) is 24.8. The summed E-state index contributed by atoms with van der Waals surface area (Å²) in [5.74, 6) is 0.203. The van der Waals surface area contributed by atoms with Crippen LogP contribution in [0.4, 0.5) is 0 Å². The van der Waals surface area contributed by atoms with Crippen LogP contribution in [0.2, 0.25) is 0 Å². The van der Waals surface area contributed by atoms with E-state index in [1.807, 2.05) is 24.3 Å². The number of benzene rings is 2. The molecule has 6 atom stereocenters. The summed E-state index contributed by atoms with van der Waals surface area (Å²) in [4.78, 5) is 11.3. The quantitative estimate of drug-likeness (QED) is 0.308. The number of aliphatic hydroxyl groups excluding tert-OH is 5. The summed E-state index contributed by atoms with van der Waals surface area (Å²) in [5.41, 5.74) is 2.19. The van der Waals surface area contributed by atoms with Gasteiger partial charge in [0.2, 0.25) is 6.29 Å². The molecule has 10 nitrogen and oxygen atoms in total. The van der Waals surface area contributed by atoms with E-state index in [1.165, 1.54) is 6.92 Å². The molecule has 0 bridgehead atoms. The van der Waals surface area contributed by atoms with Crippen molar-refractivity contribution in [3.8, 4) is 11.5 Å². The Morgan fingerprint density at radius 2 is 1.71 bits per heavy atom. The van der Waals surface area contributed by atoms with E-state index in [0.717, 1.165) is 5.56 Å². The van der Waals surface area contributed by atoms with E-state index in [4.69, 9.17) is 24.1 Å². The lowest BCUT2D eigenvalue weighted by molar-refractivity contribution is -0.286. The summed E-state index contributed by atoms with van der Waals surface area (Å²) >= 11 is 0. The minimum Gasteiger partial charge on any atom is -0.497 e. The van der Waals surface area contributed by atoms with Crippen molar-refractivity contribution in [3.05, 3.63) is 59.2 Å². The van der Waals surface area contributed by atoms with Gasteiger partial charge in [0.25, 0.3) is 0 Å². The molecule has 3 rings (SSSR count). The van der Waals surface area contributed by atoms with Crippen LogP contribution in [0.15, 0.2) is 42.5 Å². The van der Waals surface area contributed by atoms with Gasteiger partial charge in [0.05, 0.1) is 13.2 Å². The molecule has 0 radical (unpaired) electrons. The van der Waals surface area contributed by atoms with E-state index < -0.39 is 49.4 Å². The molecule has 2 aromatic rings. The molecule has 0 unspecified atom stereocenters. The number of carbonyl (C=O) groups excluding carboxylic acids is 1. The van der Waals surface area contributed by atoms with E-state index in [-0.39, 0.29) is 12.4 Å². The first-order valence-corrected chi connectivity index (χ1v) is 10.8. The molecule has 0 amide bonds. The Hall–Kier alpha value is -2.73. The van der Waals surface area contributed by atoms with Gasteiger partial charge in [-0.2, -0.15) is 0 Å². The van der Waals surface area contributed by atoms with Crippen molar-refractivity contribution in [2.45, 2.75) is 56.8 Å². The summed E-state index contributed by atoms with van der Waals surface area (Å²) in [5, 5.41) is 49.5. The molecular formula is C24H30O10. The Bertz CT molecular complexity index is 945. The minimum atomic E-state index is -1.60. The van der Waals surface area contributed by atoms with Crippen molar-refractivity contribution in [2.75, 3.05) is 13.7 Å². The van der Waals surface area contributed by atoms with Crippen molar-refractivity contribution in [2.24, 2.45) is 0 Å². The van der Waals surface area contributed by atoms with Gasteiger partial charge in [-0.05, 0) is 41.8 Å². The summed E-state index contributed by atoms with van der Waals surface area (Å²) in [6.07, 6.45) is -7.95. The first-order valence-electron chi connectivity index (χ1n) is 10.8. The second kappa shape index (κ2) is 11.6. The van der Waals surface area contributed by atoms with Gasteiger partial charge < -0.3 is 44.5 Å². The Balaban J connectivity index is 1.88. The van der Waals surface area contributed by atoms with Crippen LogP contribution < -0.4 is 9.47 Å². The van der Waals surface area contributed by atoms with Gasteiger partial charge >= 0.3 is 5.97 Å². The number of carbonyl (C=O) groups is 1. The molecule has 1 aliphatic rings. The van der Waals surface area contributed by atoms with E-state index >= 15 is 0 Å². The summed E-state index contributed by atoms with van der Waals surface area (Å²) in [6, 6.07) is 12.5. The van der Waals surface area contributed by atoms with Gasteiger partial charge in [0, 0.05) is 6.42 Å². The lowest BCUT2D eigenvalue weighted by Crippen LogP contribution is -2.61. The number of hydrogen-bond donors (Lipinski definition) is 5. The zero-order valence-corrected chi connectivity index (χ0v) is 18.9. The highest BCUT2D eigenvalue weighted by Gasteiger charge is 2.46. The predicted octanol–water partition coefficient (Wildman–Crippen LogP) is -0.111. The Morgan fingerprint density at radius 1 is 1.03 bits per heavy atom. The lowest BCUT2D eigenvalue weighted by atomic mass is 9.96. The molecule has 34 heavy (non-hydrogen) atoms. The van der Waals surface area contributed by atoms with Gasteiger partial charge in [0.15, 0.2) is 0 Å². The minimum absolute atomic E-state index is 0.121. The maximum Gasteiger partial charge on any atom is 0.332 e. The molecule has 5 N–H and O–H groups in total. The summed E-state index contributed by atoms with van der Waals surface area (Å²) in [7, 11) is 1.57. The van der Waals surface area contributed by atoms with E-state index in [1.54, 1.807) is 25.3 Å². The SMILES string of the molecule is COc1ccc(Cc2ccc(COC(=O)CO)cc2O[C@@H]2O[C@H]([C@@H](C)O)[C@@H](O)[C@H](O)[C@H]2O)cc1. The van der Waals surface area contributed by atoms with Crippen molar-refractivity contribution >= 4 is 5.97 Å². The van der Waals surface area contributed by atoms with Crippen molar-refractivity contribution in [1.82, 2.24) is 0 Å². The van der Waals surface area contributed by atoms with Gasteiger partial charge in [0.1, 0.15) is 49.1 Å². The molecule has 1 fully saturated rings. The highest BCUT2D eigenvalue weighted by atomic mass is 16.7. The first kappa shape index (κ1) is 25.9. The normalized spacial score (nSPS) is 25.4. The maximum atomic E-state index is 11.3. The highest BCUT2D eigenvalue weighted by molar-refractivity contribution is 5.70. The average Bonchev–Trinajstić information content (AvgIpc) is 2.84. The maximum absolute atomic E-state index is 11.3. The van der Waals surface area contributed by atoms with E-state index in [9.17, 15) is 25.2 Å². The summed E-state index contributed by atoms with van der Waals surface area (Å²) in [6.45, 7) is 0.521. The molecule has 1 heterocycles. The van der Waals surface area contributed by atoms with Crippen LogP contribution in [0.3, 0.4) is 0 Å². The fourth-order valence-corrected chi connectivity index (χ4v) is 3.61. The molecule has 1 saturated heterocycles. The molecule has 0 spiro atoms. The monoisotopic (exact) mass is 478 g/mol. The smallest absolute Gasteiger partial charge is 0.332 e. The van der Waals surface area contributed by atoms with Crippen molar-refractivity contribution < 1.29 is 49.3 Å². The Labute approximate surface area is 196 Å². The van der Waals surface area contributed by atoms with Crippen LogP contribution in [0.5, 0.6) is 11.5 Å². The Kier molecular flexibility index (Phi) is 8.84. The van der Waals surface area contributed by atoms with Gasteiger partial charge in [-0.1, -0.05) is 24.3 Å². The second-order valence-corrected chi connectivity index (χ2v) is 8.09. The Morgan fingerprint density at radius 3 is 2.32 bits per heavy atom. The largest absolute Gasteiger partial charge is 0.497 e. The van der Waals surface area contributed by atoms with E-state index in [0.29, 0.717) is 23.3 Å². The van der Waals surface area contributed by atoms with Gasteiger partial charge in [-0.3, -0.25) is 0 Å². The first-order chi connectivity index (χ1) is 16.2. The third-order valence-corrected chi connectivity index (χ3v) is 5.54. The van der Waals surface area contributed by atoms with E-state index in [2.05, 4.69) is 0 Å². The van der Waals surface area contributed by atoms with Crippen molar-refractivity contribution in [3.63, 3.8) is 0 Å².